The van der Waals surface area contributed by atoms with Crippen LogP contribution < -0.4 is 10.6 Å². The van der Waals surface area contributed by atoms with E-state index in [2.05, 4.69) is 15.5 Å². The average Bonchev–Trinajstić information content (AvgIpc) is 2.88. The molecule has 21 heavy (non-hydrogen) atoms. The largest absolute Gasteiger partial charge is 0.390 e. The summed E-state index contributed by atoms with van der Waals surface area (Å²) < 4.78 is 25.9. The van der Waals surface area contributed by atoms with Gasteiger partial charge in [0.25, 0.3) is 0 Å². The fourth-order valence-electron chi connectivity index (χ4n) is 2.34. The van der Waals surface area contributed by atoms with Gasteiger partial charge in [0.15, 0.2) is 0 Å². The molecule has 1 saturated heterocycles. The van der Waals surface area contributed by atoms with Gasteiger partial charge in [0.2, 0.25) is 0 Å². The predicted octanol–water partition coefficient (Wildman–Crippen LogP) is 1.54. The van der Waals surface area contributed by atoms with E-state index in [0.717, 1.165) is 44.1 Å². The second-order valence-electron chi connectivity index (χ2n) is 5.15. The molecule has 5 nitrogen and oxygen atoms in total. The number of aliphatic hydroxyl groups is 1. The Morgan fingerprint density at radius 1 is 1.24 bits per heavy atom. The predicted molar refractivity (Wildman–Crippen MR) is 75.1 cm³/mol. The first-order chi connectivity index (χ1) is 10.0. The van der Waals surface area contributed by atoms with Crippen LogP contribution in [0, 0.1) is 11.6 Å². The van der Waals surface area contributed by atoms with E-state index in [-0.39, 0.29) is 12.2 Å². The van der Waals surface area contributed by atoms with Crippen LogP contribution in [0.15, 0.2) is 18.2 Å². The van der Waals surface area contributed by atoms with Crippen LogP contribution in [0.2, 0.25) is 0 Å². The second-order valence-corrected chi connectivity index (χ2v) is 5.15. The first kappa shape index (κ1) is 15.7. The summed E-state index contributed by atoms with van der Waals surface area (Å²) >= 11 is 0. The zero-order chi connectivity index (χ0) is 15.2. The molecule has 0 radical (unpaired) electrons. The van der Waals surface area contributed by atoms with Crippen molar-refractivity contribution in [3.05, 3.63) is 29.8 Å². The lowest BCUT2D eigenvalue weighted by Gasteiger charge is -2.19. The number of aliphatic hydroxyl groups excluding tert-OH is 1. The van der Waals surface area contributed by atoms with Gasteiger partial charge < -0.3 is 20.6 Å². The van der Waals surface area contributed by atoms with Crippen LogP contribution in [0.5, 0.6) is 0 Å². The van der Waals surface area contributed by atoms with Gasteiger partial charge in [0, 0.05) is 24.8 Å². The minimum Gasteiger partial charge on any atom is -0.390 e. The van der Waals surface area contributed by atoms with E-state index < -0.39 is 23.8 Å². The SMILES string of the molecule is O=C(NCC(O)CN1CCCC1)Nc1cc(F)cc(F)c1. The second kappa shape index (κ2) is 7.33. The molecule has 1 atom stereocenters. The third kappa shape index (κ3) is 5.28. The molecule has 0 spiro atoms. The van der Waals surface area contributed by atoms with E-state index >= 15 is 0 Å². The lowest BCUT2D eigenvalue weighted by molar-refractivity contribution is 0.125. The summed E-state index contributed by atoms with van der Waals surface area (Å²) in [4.78, 5) is 13.7. The van der Waals surface area contributed by atoms with Crippen LogP contribution >= 0.6 is 0 Å². The average molecular weight is 299 g/mol. The van der Waals surface area contributed by atoms with Crippen molar-refractivity contribution >= 4 is 11.7 Å². The van der Waals surface area contributed by atoms with E-state index in [1.807, 2.05) is 0 Å². The van der Waals surface area contributed by atoms with Gasteiger partial charge in [-0.3, -0.25) is 0 Å². The number of hydrogen-bond donors (Lipinski definition) is 3. The van der Waals surface area contributed by atoms with Crippen molar-refractivity contribution in [1.82, 2.24) is 10.2 Å². The number of urea groups is 1. The molecule has 0 aromatic heterocycles. The number of hydrogen-bond acceptors (Lipinski definition) is 3. The summed E-state index contributed by atoms with van der Waals surface area (Å²) in [6.45, 7) is 2.52. The number of nitrogens with one attached hydrogen (secondary N) is 2. The first-order valence-corrected chi connectivity index (χ1v) is 6.94. The van der Waals surface area contributed by atoms with Gasteiger partial charge >= 0.3 is 6.03 Å². The summed E-state index contributed by atoms with van der Waals surface area (Å²) in [7, 11) is 0. The molecule has 1 aliphatic heterocycles. The molecule has 7 heteroatoms. The van der Waals surface area contributed by atoms with Crippen molar-refractivity contribution < 1.29 is 18.7 Å². The molecule has 2 amide bonds. The fourth-order valence-corrected chi connectivity index (χ4v) is 2.34. The van der Waals surface area contributed by atoms with Gasteiger partial charge in [-0.1, -0.05) is 0 Å². The van der Waals surface area contributed by atoms with Crippen molar-refractivity contribution in [2.75, 3.05) is 31.5 Å². The summed E-state index contributed by atoms with van der Waals surface area (Å²) in [6, 6.07) is 2.15. The van der Waals surface area contributed by atoms with Crippen LogP contribution in [0.25, 0.3) is 0 Å². The number of nitrogens with zero attached hydrogens (tertiary/aromatic N) is 1. The van der Waals surface area contributed by atoms with Gasteiger partial charge in [-0.2, -0.15) is 0 Å². The fraction of sp³-hybridized carbons (Fsp3) is 0.500. The molecule has 0 saturated carbocycles. The zero-order valence-corrected chi connectivity index (χ0v) is 11.6. The first-order valence-electron chi connectivity index (χ1n) is 6.94. The van der Waals surface area contributed by atoms with Gasteiger partial charge in [-0.05, 0) is 38.1 Å². The number of likely N-dealkylation sites (tertiary alicyclic amines) is 1. The van der Waals surface area contributed by atoms with Gasteiger partial charge in [0.05, 0.1) is 6.10 Å². The van der Waals surface area contributed by atoms with Crippen LogP contribution in [-0.2, 0) is 0 Å². The molecule has 3 N–H and O–H groups in total. The number of anilines is 1. The normalized spacial score (nSPS) is 16.7. The quantitative estimate of drug-likeness (QED) is 0.773. The highest BCUT2D eigenvalue weighted by atomic mass is 19.1. The molecule has 2 rings (SSSR count). The molecule has 1 heterocycles. The molecule has 1 unspecified atom stereocenters. The van der Waals surface area contributed by atoms with Crippen LogP contribution in [-0.4, -0.2) is 48.3 Å². The Balaban J connectivity index is 1.73. The summed E-state index contributed by atoms with van der Waals surface area (Å²) in [5.41, 5.74) is 0.0269. The summed E-state index contributed by atoms with van der Waals surface area (Å²) in [5, 5.41) is 14.6. The number of rotatable bonds is 5. The molecule has 1 aliphatic rings. The molecular weight excluding hydrogens is 280 g/mol. The third-order valence-corrected chi connectivity index (χ3v) is 3.29. The molecule has 1 aromatic carbocycles. The van der Waals surface area contributed by atoms with E-state index in [0.29, 0.717) is 6.54 Å². The molecule has 116 valence electrons. The number of halogens is 2. The summed E-state index contributed by atoms with van der Waals surface area (Å²) in [5.74, 6) is -1.53. The van der Waals surface area contributed by atoms with E-state index in [1.54, 1.807) is 0 Å². The number of benzene rings is 1. The molecular formula is C14H19F2N3O2. The number of carbonyl (C=O) groups is 1. The van der Waals surface area contributed by atoms with Crippen molar-refractivity contribution in [2.45, 2.75) is 18.9 Å². The Morgan fingerprint density at radius 2 is 1.86 bits per heavy atom. The van der Waals surface area contributed by atoms with E-state index in [9.17, 15) is 18.7 Å². The van der Waals surface area contributed by atoms with Gasteiger partial charge in [-0.25, -0.2) is 13.6 Å². The zero-order valence-electron chi connectivity index (χ0n) is 11.6. The number of amides is 2. The number of β-amino-alcohol motifs (C(OH)–C–C–N with tert-alkyl or cyclic N) is 1. The molecule has 1 aromatic rings. The third-order valence-electron chi connectivity index (χ3n) is 3.29. The molecule has 1 fully saturated rings. The Kier molecular flexibility index (Phi) is 5.46. The minimum absolute atomic E-state index is 0.0269. The standard InChI is InChI=1S/C14H19F2N3O2/c15-10-5-11(16)7-12(6-10)18-14(21)17-8-13(20)9-19-3-1-2-4-19/h5-7,13,20H,1-4,8-9H2,(H2,17,18,21). The van der Waals surface area contributed by atoms with Crippen molar-refractivity contribution in [3.63, 3.8) is 0 Å². The Hall–Kier alpha value is -1.73. The highest BCUT2D eigenvalue weighted by Crippen LogP contribution is 2.12. The molecule has 0 aliphatic carbocycles. The highest BCUT2D eigenvalue weighted by molar-refractivity contribution is 5.89. The Bertz CT molecular complexity index is 473. The summed E-state index contributed by atoms with van der Waals surface area (Å²) in [6.07, 6.45) is 1.59. The Labute approximate surface area is 121 Å². The van der Waals surface area contributed by atoms with Crippen molar-refractivity contribution in [2.24, 2.45) is 0 Å². The molecule has 0 bridgehead atoms. The lowest BCUT2D eigenvalue weighted by Crippen LogP contribution is -2.40. The number of carbonyl (C=O) groups excluding carboxylic acids is 1. The topological polar surface area (TPSA) is 64.6 Å². The maximum absolute atomic E-state index is 13.0. The van der Waals surface area contributed by atoms with Crippen LogP contribution in [0.3, 0.4) is 0 Å². The van der Waals surface area contributed by atoms with Crippen LogP contribution in [0.1, 0.15) is 12.8 Å². The maximum atomic E-state index is 13.0. The van der Waals surface area contributed by atoms with Crippen molar-refractivity contribution in [1.29, 1.82) is 0 Å². The highest BCUT2D eigenvalue weighted by Gasteiger charge is 2.16. The van der Waals surface area contributed by atoms with Gasteiger partial charge in [0.1, 0.15) is 11.6 Å². The van der Waals surface area contributed by atoms with Gasteiger partial charge in [-0.15, -0.1) is 0 Å². The monoisotopic (exact) mass is 299 g/mol. The minimum atomic E-state index is -0.764. The van der Waals surface area contributed by atoms with E-state index in [4.69, 9.17) is 0 Å². The smallest absolute Gasteiger partial charge is 0.319 e. The Morgan fingerprint density at radius 3 is 2.48 bits per heavy atom. The van der Waals surface area contributed by atoms with E-state index in [1.165, 1.54) is 0 Å². The van der Waals surface area contributed by atoms with Crippen LogP contribution in [0.4, 0.5) is 19.3 Å². The lowest BCUT2D eigenvalue weighted by atomic mass is 10.3. The maximum Gasteiger partial charge on any atom is 0.319 e. The van der Waals surface area contributed by atoms with Crippen molar-refractivity contribution in [3.8, 4) is 0 Å².